The van der Waals surface area contributed by atoms with E-state index in [2.05, 4.69) is 17.6 Å². The summed E-state index contributed by atoms with van der Waals surface area (Å²) < 4.78 is 0. The molecule has 0 bridgehead atoms. The van der Waals surface area contributed by atoms with Gasteiger partial charge in [0.05, 0.1) is 6.04 Å². The molecule has 1 saturated heterocycles. The fourth-order valence-corrected chi connectivity index (χ4v) is 3.71. The van der Waals surface area contributed by atoms with E-state index in [4.69, 9.17) is 0 Å². The molecule has 1 saturated carbocycles. The summed E-state index contributed by atoms with van der Waals surface area (Å²) in [4.78, 5) is 11.9. The summed E-state index contributed by atoms with van der Waals surface area (Å²) in [7, 11) is 0. The highest BCUT2D eigenvalue weighted by molar-refractivity contribution is 7.99. The lowest BCUT2D eigenvalue weighted by atomic mass is 9.99. The second kappa shape index (κ2) is 8.28. The van der Waals surface area contributed by atoms with Crippen LogP contribution in [-0.4, -0.2) is 29.6 Å². The van der Waals surface area contributed by atoms with E-state index in [1.165, 1.54) is 32.1 Å². The number of hydrogen-bond donors (Lipinski definition) is 2. The Labute approximate surface area is 121 Å². The molecular weight excluding hydrogens is 268 g/mol. The molecule has 3 nitrogen and oxygen atoms in total. The van der Waals surface area contributed by atoms with Crippen LogP contribution in [-0.2, 0) is 4.79 Å². The zero-order chi connectivity index (χ0) is 12.1. The molecule has 5 heteroatoms. The van der Waals surface area contributed by atoms with Crippen molar-refractivity contribution in [3.8, 4) is 0 Å². The molecule has 2 N–H and O–H groups in total. The molecule has 0 aromatic carbocycles. The minimum Gasteiger partial charge on any atom is -0.352 e. The van der Waals surface area contributed by atoms with E-state index in [1.807, 2.05) is 0 Å². The van der Waals surface area contributed by atoms with Crippen LogP contribution in [0.25, 0.3) is 0 Å². The topological polar surface area (TPSA) is 41.1 Å². The summed E-state index contributed by atoms with van der Waals surface area (Å²) in [5.41, 5.74) is 0. The van der Waals surface area contributed by atoms with Crippen molar-refractivity contribution in [1.29, 1.82) is 0 Å². The maximum Gasteiger partial charge on any atom is 0.238 e. The highest BCUT2D eigenvalue weighted by Crippen LogP contribution is 2.28. The Kier molecular flexibility index (Phi) is 7.42. The van der Waals surface area contributed by atoms with Crippen molar-refractivity contribution in [2.24, 2.45) is 5.92 Å². The molecule has 2 rings (SSSR count). The standard InChI is InChI=1S/C13H24N2OS.ClH/c1-10(6-7-11-4-2-3-5-11)15-13(16)12-8-17-9-14-12;/h10-12,14H,2-9H2,1H3,(H,15,16);1H. The number of halogens is 1. The predicted molar refractivity (Wildman–Crippen MR) is 80.3 cm³/mol. The van der Waals surface area contributed by atoms with Crippen molar-refractivity contribution in [3.05, 3.63) is 0 Å². The summed E-state index contributed by atoms with van der Waals surface area (Å²) in [6.07, 6.45) is 8.05. The van der Waals surface area contributed by atoms with Gasteiger partial charge in [-0.2, -0.15) is 0 Å². The fraction of sp³-hybridized carbons (Fsp3) is 0.923. The molecule has 18 heavy (non-hydrogen) atoms. The van der Waals surface area contributed by atoms with E-state index < -0.39 is 0 Å². The van der Waals surface area contributed by atoms with Gasteiger partial charge in [0.15, 0.2) is 0 Å². The van der Waals surface area contributed by atoms with Crippen LogP contribution in [0.5, 0.6) is 0 Å². The molecule has 1 aliphatic heterocycles. The van der Waals surface area contributed by atoms with Gasteiger partial charge < -0.3 is 5.32 Å². The van der Waals surface area contributed by atoms with Crippen LogP contribution in [0.1, 0.15) is 45.4 Å². The first-order valence-corrected chi connectivity index (χ1v) is 8.02. The van der Waals surface area contributed by atoms with E-state index in [0.29, 0.717) is 6.04 Å². The molecular formula is C13H25ClN2OS. The van der Waals surface area contributed by atoms with Crippen LogP contribution in [0.4, 0.5) is 0 Å². The number of carbonyl (C=O) groups is 1. The van der Waals surface area contributed by atoms with E-state index in [9.17, 15) is 4.79 Å². The van der Waals surface area contributed by atoms with Gasteiger partial charge in [-0.1, -0.05) is 25.7 Å². The van der Waals surface area contributed by atoms with Crippen LogP contribution in [0.2, 0.25) is 0 Å². The van der Waals surface area contributed by atoms with E-state index in [1.54, 1.807) is 11.8 Å². The summed E-state index contributed by atoms with van der Waals surface area (Å²) >= 11 is 1.80. The smallest absolute Gasteiger partial charge is 0.238 e. The number of amides is 1. The largest absolute Gasteiger partial charge is 0.352 e. The highest BCUT2D eigenvalue weighted by Gasteiger charge is 2.23. The molecule has 2 aliphatic rings. The molecule has 1 heterocycles. The Morgan fingerprint density at radius 2 is 2.17 bits per heavy atom. The minimum atomic E-state index is 0. The Morgan fingerprint density at radius 1 is 1.44 bits per heavy atom. The number of rotatable bonds is 5. The quantitative estimate of drug-likeness (QED) is 0.818. The molecule has 2 unspecified atom stereocenters. The highest BCUT2D eigenvalue weighted by atomic mass is 35.5. The molecule has 1 amide bonds. The van der Waals surface area contributed by atoms with Crippen molar-refractivity contribution >= 4 is 30.1 Å². The van der Waals surface area contributed by atoms with Gasteiger partial charge in [-0.25, -0.2) is 0 Å². The van der Waals surface area contributed by atoms with Crippen molar-refractivity contribution in [2.45, 2.75) is 57.5 Å². The van der Waals surface area contributed by atoms with Crippen molar-refractivity contribution in [3.63, 3.8) is 0 Å². The summed E-state index contributed by atoms with van der Waals surface area (Å²) in [5, 5.41) is 6.34. The normalized spacial score (nSPS) is 25.7. The molecule has 1 aliphatic carbocycles. The predicted octanol–water partition coefficient (Wildman–Crippen LogP) is 2.55. The molecule has 106 valence electrons. The number of thioether (sulfide) groups is 1. The van der Waals surface area contributed by atoms with Gasteiger partial charge in [-0.3, -0.25) is 10.1 Å². The van der Waals surface area contributed by atoms with E-state index in [-0.39, 0.29) is 24.4 Å². The molecule has 0 aromatic rings. The minimum absolute atomic E-state index is 0. The van der Waals surface area contributed by atoms with Crippen molar-refractivity contribution in [2.75, 3.05) is 11.6 Å². The van der Waals surface area contributed by atoms with Gasteiger partial charge in [0.1, 0.15) is 0 Å². The average molecular weight is 293 g/mol. The third kappa shape index (κ3) is 4.98. The van der Waals surface area contributed by atoms with Crippen LogP contribution in [0.15, 0.2) is 0 Å². The van der Waals surface area contributed by atoms with Gasteiger partial charge in [0.2, 0.25) is 5.91 Å². The number of carbonyl (C=O) groups excluding carboxylic acids is 1. The Morgan fingerprint density at radius 3 is 2.78 bits per heavy atom. The molecule has 2 fully saturated rings. The van der Waals surface area contributed by atoms with Gasteiger partial charge >= 0.3 is 0 Å². The first kappa shape index (κ1) is 16.1. The zero-order valence-corrected chi connectivity index (χ0v) is 12.7. The second-order valence-corrected chi connectivity index (χ2v) is 6.44. The van der Waals surface area contributed by atoms with Crippen LogP contribution < -0.4 is 10.6 Å². The Hall–Kier alpha value is 0.0700. The maximum absolute atomic E-state index is 11.9. The molecule has 0 radical (unpaired) electrons. The van der Waals surface area contributed by atoms with Crippen LogP contribution in [0.3, 0.4) is 0 Å². The van der Waals surface area contributed by atoms with Gasteiger partial charge in [-0.05, 0) is 25.7 Å². The first-order chi connectivity index (χ1) is 8.25. The number of nitrogens with one attached hydrogen (secondary N) is 2. The van der Waals surface area contributed by atoms with Gasteiger partial charge in [0, 0.05) is 17.7 Å². The SMILES string of the molecule is CC(CCC1CCCC1)NC(=O)C1CSCN1.Cl. The molecule has 2 atom stereocenters. The van der Waals surface area contributed by atoms with Crippen LogP contribution >= 0.6 is 24.2 Å². The Bertz CT molecular complexity index is 253. The maximum atomic E-state index is 11.9. The van der Waals surface area contributed by atoms with E-state index >= 15 is 0 Å². The average Bonchev–Trinajstić information content (AvgIpc) is 2.99. The summed E-state index contributed by atoms with van der Waals surface area (Å²) in [6, 6.07) is 0.365. The van der Waals surface area contributed by atoms with Crippen molar-refractivity contribution in [1.82, 2.24) is 10.6 Å². The van der Waals surface area contributed by atoms with Gasteiger partial charge in [0.25, 0.3) is 0 Å². The van der Waals surface area contributed by atoms with E-state index in [0.717, 1.165) is 24.0 Å². The molecule has 0 aromatic heterocycles. The second-order valence-electron chi connectivity index (χ2n) is 5.41. The summed E-state index contributed by atoms with van der Waals surface area (Å²) in [6.45, 7) is 2.13. The number of hydrogen-bond acceptors (Lipinski definition) is 3. The van der Waals surface area contributed by atoms with Crippen LogP contribution in [0, 0.1) is 5.92 Å². The zero-order valence-electron chi connectivity index (χ0n) is 11.1. The third-order valence-electron chi connectivity index (χ3n) is 3.90. The van der Waals surface area contributed by atoms with Crippen molar-refractivity contribution < 1.29 is 4.79 Å². The summed E-state index contributed by atoms with van der Waals surface area (Å²) in [5.74, 6) is 2.94. The lowest BCUT2D eigenvalue weighted by molar-refractivity contribution is -0.123. The monoisotopic (exact) mass is 292 g/mol. The lowest BCUT2D eigenvalue weighted by Gasteiger charge is -2.18. The molecule has 0 spiro atoms. The first-order valence-electron chi connectivity index (χ1n) is 6.87. The third-order valence-corrected chi connectivity index (χ3v) is 4.84. The Balaban J connectivity index is 0.00000162. The fourth-order valence-electron chi connectivity index (χ4n) is 2.76. The lowest BCUT2D eigenvalue weighted by Crippen LogP contribution is -2.45. The van der Waals surface area contributed by atoms with Gasteiger partial charge in [-0.15, -0.1) is 24.2 Å².